The number of benzene rings is 1. The fourth-order valence-corrected chi connectivity index (χ4v) is 5.25. The van der Waals surface area contributed by atoms with E-state index in [9.17, 15) is 14.4 Å². The maximum Gasteiger partial charge on any atom is 0.414 e. The molecule has 34 heavy (non-hydrogen) atoms. The number of cyclic esters (lactones) is 1. The van der Waals surface area contributed by atoms with Gasteiger partial charge in [0.15, 0.2) is 0 Å². The highest BCUT2D eigenvalue weighted by Crippen LogP contribution is 2.60. The highest BCUT2D eigenvalue weighted by Gasteiger charge is 2.69. The van der Waals surface area contributed by atoms with Gasteiger partial charge in [0.05, 0.1) is 36.7 Å². The summed E-state index contributed by atoms with van der Waals surface area (Å²) in [6.07, 6.45) is 1.51. The monoisotopic (exact) mass is 463 g/mol. The molecule has 172 valence electrons. The van der Waals surface area contributed by atoms with Crippen molar-refractivity contribution in [3.8, 4) is 17.2 Å². The minimum atomic E-state index is -0.721. The predicted octanol–water partition coefficient (Wildman–Crippen LogP) is 2.25. The van der Waals surface area contributed by atoms with Gasteiger partial charge in [-0.25, -0.2) is 13.9 Å². The first-order valence-corrected chi connectivity index (χ1v) is 10.9. The molecule has 4 heterocycles. The van der Waals surface area contributed by atoms with Gasteiger partial charge in [0.25, 0.3) is 5.95 Å². The van der Waals surface area contributed by atoms with E-state index in [0.717, 1.165) is 25.0 Å². The quantitative estimate of drug-likeness (QED) is 0.618. The van der Waals surface area contributed by atoms with Gasteiger partial charge in [-0.05, 0) is 24.3 Å². The average Bonchev–Trinajstić information content (AvgIpc) is 3.29. The topological polar surface area (TPSA) is 109 Å². The number of hydrogen-bond acceptors (Lipinski definition) is 7. The van der Waals surface area contributed by atoms with Gasteiger partial charge in [-0.2, -0.15) is 9.65 Å². The van der Waals surface area contributed by atoms with E-state index in [-0.39, 0.29) is 24.9 Å². The summed E-state index contributed by atoms with van der Waals surface area (Å²) in [5, 5.41) is 19.9. The van der Waals surface area contributed by atoms with Crippen LogP contribution in [0.5, 0.6) is 0 Å². The number of carbonyl (C=O) groups excluding carboxylic acids is 1. The molecule has 3 fully saturated rings. The number of anilines is 1. The van der Waals surface area contributed by atoms with Gasteiger partial charge in [-0.3, -0.25) is 9.88 Å². The SMILES string of the molecule is N#CC1(c2ccc(-c3ccc(N4C[C@H](Cn5cc(F)nn5)OC4=O)cc3F)cn2)C2CNCC21. The summed E-state index contributed by atoms with van der Waals surface area (Å²) in [5.41, 5.74) is 1.46. The third kappa shape index (κ3) is 3.13. The summed E-state index contributed by atoms with van der Waals surface area (Å²) in [6, 6.07) is 10.5. The van der Waals surface area contributed by atoms with Crippen molar-refractivity contribution in [3.63, 3.8) is 0 Å². The lowest BCUT2D eigenvalue weighted by molar-refractivity contribution is 0.129. The number of fused-ring (bicyclic) bond motifs is 1. The molecule has 3 aliphatic rings. The molecule has 0 radical (unpaired) electrons. The molecule has 1 aromatic carbocycles. The smallest absolute Gasteiger partial charge is 0.414 e. The van der Waals surface area contributed by atoms with Crippen molar-refractivity contribution in [3.05, 3.63) is 60.2 Å². The van der Waals surface area contributed by atoms with Gasteiger partial charge in [0.2, 0.25) is 0 Å². The van der Waals surface area contributed by atoms with Crippen LogP contribution in [0.4, 0.5) is 19.3 Å². The molecule has 9 nitrogen and oxygen atoms in total. The van der Waals surface area contributed by atoms with E-state index in [4.69, 9.17) is 4.74 Å². The van der Waals surface area contributed by atoms with Gasteiger partial charge in [-0.1, -0.05) is 16.4 Å². The van der Waals surface area contributed by atoms with Crippen LogP contribution >= 0.6 is 0 Å². The summed E-state index contributed by atoms with van der Waals surface area (Å²) >= 11 is 0. The molecule has 0 bridgehead atoms. The van der Waals surface area contributed by atoms with Crippen LogP contribution in [-0.4, -0.2) is 51.8 Å². The van der Waals surface area contributed by atoms with Crippen LogP contribution in [0, 0.1) is 34.9 Å². The first kappa shape index (κ1) is 20.7. The Hall–Kier alpha value is -3.91. The molecule has 1 aliphatic carbocycles. The lowest BCUT2D eigenvalue weighted by Gasteiger charge is -2.15. The number of aromatic nitrogens is 4. The molecule has 1 saturated carbocycles. The standard InChI is InChI=1S/C23H19F2N7O2/c24-19-5-14(32-10-15(34-22(32)33)9-31-11-21(25)29-30-31)2-3-16(19)13-1-4-20(28-6-13)23(12-26)17-7-27-8-18(17)23/h1-6,11,15,17-18,27H,7-10H2/t15-,17?,18?,23?/m0/s1. The number of pyridine rings is 1. The fraction of sp³-hybridized carbons (Fsp3) is 0.348. The van der Waals surface area contributed by atoms with E-state index in [1.54, 1.807) is 30.5 Å². The van der Waals surface area contributed by atoms with Crippen LogP contribution in [0.25, 0.3) is 11.1 Å². The maximum atomic E-state index is 15.0. The number of ether oxygens (including phenoxy) is 1. The summed E-state index contributed by atoms with van der Waals surface area (Å²) in [6.45, 7) is 1.93. The van der Waals surface area contributed by atoms with Crippen molar-refractivity contribution in [2.45, 2.75) is 18.1 Å². The first-order chi connectivity index (χ1) is 16.5. The van der Waals surface area contributed by atoms with Crippen molar-refractivity contribution in [2.75, 3.05) is 24.5 Å². The number of amides is 1. The molecule has 2 aromatic heterocycles. The number of piperidine rings is 1. The Kier molecular flexibility index (Phi) is 4.60. The molecular formula is C23H19F2N7O2. The summed E-state index contributed by atoms with van der Waals surface area (Å²) < 4.78 is 34.6. The molecule has 11 heteroatoms. The molecule has 0 spiro atoms. The lowest BCUT2D eigenvalue weighted by atomic mass is 9.96. The van der Waals surface area contributed by atoms with Crippen LogP contribution in [0.15, 0.2) is 42.7 Å². The van der Waals surface area contributed by atoms with Crippen molar-refractivity contribution in [2.24, 2.45) is 11.8 Å². The van der Waals surface area contributed by atoms with Gasteiger partial charge in [0, 0.05) is 42.2 Å². The average molecular weight is 463 g/mol. The van der Waals surface area contributed by atoms with Crippen molar-refractivity contribution >= 4 is 11.8 Å². The van der Waals surface area contributed by atoms with E-state index >= 15 is 4.39 Å². The number of hydrogen-bond donors (Lipinski definition) is 1. The van der Waals surface area contributed by atoms with E-state index in [1.165, 1.54) is 15.6 Å². The first-order valence-electron chi connectivity index (χ1n) is 10.9. The molecule has 1 amide bonds. The van der Waals surface area contributed by atoms with Gasteiger partial charge in [-0.15, -0.1) is 0 Å². The molecule has 3 atom stereocenters. The van der Waals surface area contributed by atoms with Crippen LogP contribution < -0.4 is 10.2 Å². The minimum absolute atomic E-state index is 0.139. The van der Waals surface area contributed by atoms with Crippen molar-refractivity contribution < 1.29 is 18.3 Å². The third-order valence-electron chi connectivity index (χ3n) is 7.00. The third-order valence-corrected chi connectivity index (χ3v) is 7.00. The Morgan fingerprint density at radius 2 is 2.06 bits per heavy atom. The lowest BCUT2D eigenvalue weighted by Crippen LogP contribution is -2.26. The molecular weight excluding hydrogens is 444 g/mol. The maximum absolute atomic E-state index is 15.0. The van der Waals surface area contributed by atoms with Crippen molar-refractivity contribution in [1.29, 1.82) is 5.26 Å². The molecule has 2 unspecified atom stereocenters. The Bertz CT molecular complexity index is 1310. The van der Waals surface area contributed by atoms with Gasteiger partial charge < -0.3 is 10.1 Å². The zero-order chi connectivity index (χ0) is 23.4. The number of nitrogens with one attached hydrogen (secondary N) is 1. The molecule has 6 rings (SSSR count). The molecule has 1 N–H and O–H groups in total. The Morgan fingerprint density at radius 3 is 2.71 bits per heavy atom. The van der Waals surface area contributed by atoms with Gasteiger partial charge >= 0.3 is 6.09 Å². The van der Waals surface area contributed by atoms with Crippen LogP contribution in [0.2, 0.25) is 0 Å². The van der Waals surface area contributed by atoms with Crippen LogP contribution in [0.3, 0.4) is 0 Å². The number of nitriles is 1. The predicted molar refractivity (Wildman–Crippen MR) is 114 cm³/mol. The summed E-state index contributed by atoms with van der Waals surface area (Å²) in [7, 11) is 0. The Balaban J connectivity index is 1.19. The number of halogens is 2. The number of rotatable bonds is 5. The highest BCUT2D eigenvalue weighted by atomic mass is 19.1. The molecule has 3 aromatic rings. The number of carbonyl (C=O) groups is 1. The Morgan fingerprint density at radius 1 is 1.24 bits per heavy atom. The van der Waals surface area contributed by atoms with Crippen LogP contribution in [-0.2, 0) is 16.7 Å². The second-order valence-corrected chi connectivity index (χ2v) is 8.83. The second-order valence-electron chi connectivity index (χ2n) is 8.83. The fourth-order valence-electron chi connectivity index (χ4n) is 5.25. The molecule has 2 saturated heterocycles. The van der Waals surface area contributed by atoms with E-state index in [2.05, 4.69) is 26.7 Å². The van der Waals surface area contributed by atoms with E-state index in [0.29, 0.717) is 16.8 Å². The van der Waals surface area contributed by atoms with Gasteiger partial charge in [0.1, 0.15) is 17.3 Å². The second kappa shape index (κ2) is 7.56. The molecule has 2 aliphatic heterocycles. The zero-order valence-electron chi connectivity index (χ0n) is 17.9. The normalized spacial score (nSPS) is 27.4. The van der Waals surface area contributed by atoms with E-state index in [1.807, 2.05) is 0 Å². The zero-order valence-corrected chi connectivity index (χ0v) is 17.9. The minimum Gasteiger partial charge on any atom is -0.442 e. The van der Waals surface area contributed by atoms with E-state index < -0.39 is 29.4 Å². The summed E-state index contributed by atoms with van der Waals surface area (Å²) in [4.78, 5) is 18.1. The van der Waals surface area contributed by atoms with Crippen LogP contribution in [0.1, 0.15) is 5.69 Å². The van der Waals surface area contributed by atoms with Crippen molar-refractivity contribution in [1.82, 2.24) is 25.3 Å². The summed E-state index contributed by atoms with van der Waals surface area (Å²) in [5.74, 6) is -0.677. The number of nitrogens with zero attached hydrogens (tertiary/aromatic N) is 6. The largest absolute Gasteiger partial charge is 0.442 e. The highest BCUT2D eigenvalue weighted by molar-refractivity contribution is 5.90. The Labute approximate surface area is 193 Å².